The fraction of sp³-hybridized carbons (Fsp3) is 0.500. The van der Waals surface area contributed by atoms with Gasteiger partial charge in [-0.1, -0.05) is 35.3 Å². The molecule has 38 heavy (non-hydrogen) atoms. The predicted octanol–water partition coefficient (Wildman–Crippen LogP) is 2.24. The Kier molecular flexibility index (Phi) is 9.28. The Morgan fingerprint density at radius 1 is 1.16 bits per heavy atom. The minimum atomic E-state index is -3.78. The highest BCUT2D eigenvalue weighted by Crippen LogP contribution is 2.38. The Hall–Kier alpha value is -1.48. The monoisotopic (exact) mass is 607 g/mol. The molecule has 2 unspecified atom stereocenters. The van der Waals surface area contributed by atoms with Gasteiger partial charge < -0.3 is 19.9 Å². The van der Waals surface area contributed by atoms with Crippen LogP contribution in [0.2, 0.25) is 10.0 Å². The lowest BCUT2D eigenvalue weighted by atomic mass is 9.88. The van der Waals surface area contributed by atoms with Crippen LogP contribution >= 0.6 is 23.2 Å². The molecule has 0 radical (unpaired) electrons. The summed E-state index contributed by atoms with van der Waals surface area (Å²) in [5, 5.41) is 13.9. The molecule has 3 N–H and O–H groups in total. The number of ether oxygens (including phenoxy) is 2. The van der Waals surface area contributed by atoms with Crippen molar-refractivity contribution in [3.63, 3.8) is 0 Å². The number of nitrogens with zero attached hydrogens (tertiary/aromatic N) is 1. The summed E-state index contributed by atoms with van der Waals surface area (Å²) in [4.78, 5) is 0.0779. The van der Waals surface area contributed by atoms with E-state index >= 15 is 0 Å². The van der Waals surface area contributed by atoms with Crippen LogP contribution < -0.4 is 14.8 Å². The molecular formula is C24H31Cl2N3O7S2. The van der Waals surface area contributed by atoms with Gasteiger partial charge in [0, 0.05) is 31.7 Å². The Bertz CT molecular complexity index is 1350. The van der Waals surface area contributed by atoms with E-state index in [0.29, 0.717) is 44.7 Å². The van der Waals surface area contributed by atoms with Crippen molar-refractivity contribution in [2.75, 3.05) is 39.9 Å². The maximum Gasteiger partial charge on any atom is 0.244 e. The largest absolute Gasteiger partial charge is 0.491 e. The van der Waals surface area contributed by atoms with Crippen molar-refractivity contribution in [2.24, 2.45) is 0 Å². The van der Waals surface area contributed by atoms with Crippen molar-refractivity contribution in [2.45, 2.75) is 46.8 Å². The van der Waals surface area contributed by atoms with Crippen molar-refractivity contribution in [3.05, 3.63) is 52.5 Å². The van der Waals surface area contributed by atoms with Gasteiger partial charge in [0.2, 0.25) is 20.0 Å². The Balaban J connectivity index is 1.24. The SMILES string of the molecule is CNS(=O)(=O)c1cccc(OCC(O)CNC2COC3(CCN(S(=O)(=O)c4cccc(Cl)c4Cl)CC3)C2)c1. The van der Waals surface area contributed by atoms with E-state index in [1.165, 1.54) is 29.6 Å². The summed E-state index contributed by atoms with van der Waals surface area (Å²) >= 11 is 12.2. The van der Waals surface area contributed by atoms with Crippen molar-refractivity contribution in [1.29, 1.82) is 0 Å². The summed E-state index contributed by atoms with van der Waals surface area (Å²) in [7, 11) is -6.04. The lowest BCUT2D eigenvalue weighted by Crippen LogP contribution is -2.47. The fourth-order valence-electron chi connectivity index (χ4n) is 4.68. The zero-order chi connectivity index (χ0) is 27.6. The molecule has 2 aromatic carbocycles. The molecule has 0 amide bonds. The van der Waals surface area contributed by atoms with E-state index in [0.717, 1.165) is 0 Å². The predicted molar refractivity (Wildman–Crippen MR) is 144 cm³/mol. The number of rotatable bonds is 10. The van der Waals surface area contributed by atoms with E-state index in [2.05, 4.69) is 10.0 Å². The molecule has 0 aliphatic carbocycles. The second-order valence-corrected chi connectivity index (χ2v) is 14.0. The molecule has 2 fully saturated rings. The highest BCUT2D eigenvalue weighted by molar-refractivity contribution is 7.89. The number of hydrogen-bond acceptors (Lipinski definition) is 8. The van der Waals surface area contributed by atoms with E-state index in [1.807, 2.05) is 0 Å². The zero-order valence-corrected chi connectivity index (χ0v) is 23.9. The standard InChI is InChI=1S/C24H31Cl2N3O7S2/c1-27-37(31,32)20-5-2-4-19(12-20)35-16-18(30)14-28-17-13-24(36-15-17)8-10-29(11-9-24)38(33,34)22-7-3-6-21(25)23(22)26/h2-7,12,17-18,27-28,30H,8-11,13-16H2,1H3. The Morgan fingerprint density at radius 3 is 2.58 bits per heavy atom. The second kappa shape index (κ2) is 11.9. The molecule has 2 aliphatic rings. The number of aliphatic hydroxyl groups is 1. The number of halogens is 2. The van der Waals surface area contributed by atoms with Crippen LogP contribution in [0.3, 0.4) is 0 Å². The van der Waals surface area contributed by atoms with Gasteiger partial charge in [0.15, 0.2) is 0 Å². The molecule has 4 rings (SSSR count). The van der Waals surface area contributed by atoms with Gasteiger partial charge in [0.1, 0.15) is 23.4 Å². The number of hydrogen-bond donors (Lipinski definition) is 3. The van der Waals surface area contributed by atoms with Gasteiger partial charge in [-0.3, -0.25) is 0 Å². The molecule has 1 spiro atoms. The average molecular weight is 609 g/mol. The highest BCUT2D eigenvalue weighted by atomic mass is 35.5. The van der Waals surface area contributed by atoms with Crippen LogP contribution in [0.25, 0.3) is 0 Å². The summed E-state index contributed by atoms with van der Waals surface area (Å²) in [5.41, 5.74) is -0.428. The van der Waals surface area contributed by atoms with Crippen LogP contribution in [-0.4, -0.2) is 83.9 Å². The number of sulfonamides is 2. The first-order valence-electron chi connectivity index (χ1n) is 12.1. The minimum absolute atomic E-state index is 0.000666. The average Bonchev–Trinajstić information content (AvgIpc) is 3.30. The van der Waals surface area contributed by atoms with E-state index in [4.69, 9.17) is 32.7 Å². The molecular weight excluding hydrogens is 577 g/mol. The smallest absolute Gasteiger partial charge is 0.244 e. The van der Waals surface area contributed by atoms with Crippen LogP contribution in [0.5, 0.6) is 5.75 Å². The van der Waals surface area contributed by atoms with Crippen LogP contribution in [0.15, 0.2) is 52.3 Å². The maximum atomic E-state index is 13.1. The highest BCUT2D eigenvalue weighted by Gasteiger charge is 2.45. The van der Waals surface area contributed by atoms with Crippen LogP contribution in [0, 0.1) is 0 Å². The van der Waals surface area contributed by atoms with Gasteiger partial charge in [0.05, 0.1) is 27.1 Å². The maximum absolute atomic E-state index is 13.1. The van der Waals surface area contributed by atoms with Gasteiger partial charge in [-0.2, -0.15) is 4.31 Å². The first kappa shape index (κ1) is 29.5. The first-order valence-corrected chi connectivity index (χ1v) is 15.8. The van der Waals surface area contributed by atoms with Gasteiger partial charge in [0.25, 0.3) is 0 Å². The number of piperidine rings is 1. The Morgan fingerprint density at radius 2 is 1.87 bits per heavy atom. The van der Waals surface area contributed by atoms with Crippen molar-refractivity contribution >= 4 is 43.2 Å². The van der Waals surface area contributed by atoms with E-state index in [1.54, 1.807) is 24.3 Å². The summed E-state index contributed by atoms with van der Waals surface area (Å²) < 4.78 is 65.5. The van der Waals surface area contributed by atoms with E-state index in [9.17, 15) is 21.9 Å². The zero-order valence-electron chi connectivity index (χ0n) is 20.8. The van der Waals surface area contributed by atoms with Gasteiger partial charge in [-0.05, 0) is 50.6 Å². The molecule has 0 saturated carbocycles. The third kappa shape index (κ3) is 6.62. The number of benzene rings is 2. The van der Waals surface area contributed by atoms with E-state index in [-0.39, 0.29) is 39.0 Å². The molecule has 210 valence electrons. The van der Waals surface area contributed by atoms with Gasteiger partial charge in [-0.25, -0.2) is 21.6 Å². The third-order valence-corrected chi connectivity index (χ3v) is 11.1. The topological polar surface area (TPSA) is 134 Å². The summed E-state index contributed by atoms with van der Waals surface area (Å²) in [6.07, 6.45) is 0.946. The Labute approximate surface area is 233 Å². The quantitative estimate of drug-likeness (QED) is 0.374. The lowest BCUT2D eigenvalue weighted by Gasteiger charge is -2.38. The van der Waals surface area contributed by atoms with Crippen LogP contribution in [0.4, 0.5) is 0 Å². The second-order valence-electron chi connectivity index (χ2n) is 9.41. The number of aliphatic hydroxyl groups excluding tert-OH is 1. The van der Waals surface area contributed by atoms with Crippen molar-refractivity contribution in [1.82, 2.24) is 14.3 Å². The molecule has 2 aliphatic heterocycles. The van der Waals surface area contributed by atoms with Crippen molar-refractivity contribution < 1.29 is 31.4 Å². The molecule has 0 aromatic heterocycles. The third-order valence-electron chi connectivity index (χ3n) is 6.85. The normalized spacial score (nSPS) is 21.0. The van der Waals surface area contributed by atoms with Gasteiger partial charge >= 0.3 is 0 Å². The van der Waals surface area contributed by atoms with Crippen molar-refractivity contribution in [3.8, 4) is 5.75 Å². The first-order chi connectivity index (χ1) is 18.0. The number of nitrogens with one attached hydrogen (secondary N) is 2. The molecule has 0 bridgehead atoms. The molecule has 2 aromatic rings. The lowest BCUT2D eigenvalue weighted by molar-refractivity contribution is -0.0312. The molecule has 2 atom stereocenters. The summed E-state index contributed by atoms with van der Waals surface area (Å²) in [6, 6.07) is 10.6. The molecule has 2 heterocycles. The van der Waals surface area contributed by atoms with E-state index < -0.39 is 31.8 Å². The van der Waals surface area contributed by atoms with Crippen LogP contribution in [0.1, 0.15) is 19.3 Å². The summed E-state index contributed by atoms with van der Waals surface area (Å²) in [6.45, 7) is 1.29. The molecule has 14 heteroatoms. The minimum Gasteiger partial charge on any atom is -0.491 e. The molecule has 2 saturated heterocycles. The molecule has 10 nitrogen and oxygen atoms in total. The summed E-state index contributed by atoms with van der Waals surface area (Å²) in [5.74, 6) is 0.337. The fourth-order valence-corrected chi connectivity index (χ4v) is 7.63. The van der Waals surface area contributed by atoms with Gasteiger partial charge in [-0.15, -0.1) is 0 Å². The van der Waals surface area contributed by atoms with Crippen LogP contribution in [-0.2, 0) is 24.8 Å².